The number of nitrogens with two attached hydrogens (primary N) is 1. The zero-order valence-corrected chi connectivity index (χ0v) is 15.9. The molecule has 0 spiro atoms. The Morgan fingerprint density at radius 2 is 1.63 bits per heavy atom. The number of nitrogens with one attached hydrogen (secondary N) is 2. The average Bonchev–Trinajstić information content (AvgIpc) is 2.58. The smallest absolute Gasteiger partial charge is 0.326 e. The minimum absolute atomic E-state index is 0.0466. The quantitative estimate of drug-likeness (QED) is 0.388. The summed E-state index contributed by atoms with van der Waals surface area (Å²) in [6.45, 7) is 5.00. The van der Waals surface area contributed by atoms with Crippen molar-refractivity contribution in [1.29, 1.82) is 0 Å². The maximum absolute atomic E-state index is 12.4. The normalized spacial score (nSPS) is 15.5. The van der Waals surface area contributed by atoms with Gasteiger partial charge in [0.2, 0.25) is 11.8 Å². The molecule has 1 aromatic rings. The van der Waals surface area contributed by atoms with Crippen LogP contribution in [-0.2, 0) is 20.8 Å². The highest BCUT2D eigenvalue weighted by Gasteiger charge is 2.31. The molecule has 6 N–H and O–H groups in total. The van der Waals surface area contributed by atoms with E-state index in [0.29, 0.717) is 0 Å². The molecule has 0 unspecified atom stereocenters. The fraction of sp³-hybridized carbons (Fsp3) is 0.526. The van der Waals surface area contributed by atoms with Crippen molar-refractivity contribution in [3.63, 3.8) is 0 Å². The van der Waals surface area contributed by atoms with Gasteiger partial charge in [0, 0.05) is 0 Å². The highest BCUT2D eigenvalue weighted by molar-refractivity contribution is 5.92. The lowest BCUT2D eigenvalue weighted by Gasteiger charge is -2.25. The van der Waals surface area contributed by atoms with E-state index in [0.717, 1.165) is 5.56 Å². The standard InChI is InChI=1S/C19H29N3O5/c1-11(2)9-15(19(26)27)21-18(25)16(12(3)23)22-17(24)14(20)10-13-7-5-4-6-8-13/h4-8,11-12,14-16,23H,9-10,20H2,1-3H3,(H,21,25)(H,22,24)(H,26,27)/t12-,14+,15+,16+/m1/s1. The molecule has 150 valence electrons. The maximum Gasteiger partial charge on any atom is 0.326 e. The van der Waals surface area contributed by atoms with Gasteiger partial charge in [0.1, 0.15) is 12.1 Å². The molecule has 0 saturated heterocycles. The van der Waals surface area contributed by atoms with Crippen LogP contribution < -0.4 is 16.4 Å². The molecule has 0 fully saturated rings. The molecule has 27 heavy (non-hydrogen) atoms. The topological polar surface area (TPSA) is 142 Å². The third kappa shape index (κ3) is 7.76. The Morgan fingerprint density at radius 3 is 2.11 bits per heavy atom. The van der Waals surface area contributed by atoms with E-state index in [4.69, 9.17) is 5.73 Å². The van der Waals surface area contributed by atoms with Gasteiger partial charge in [-0.1, -0.05) is 44.2 Å². The van der Waals surface area contributed by atoms with Crippen LogP contribution in [0.15, 0.2) is 30.3 Å². The summed E-state index contributed by atoms with van der Waals surface area (Å²) in [5.74, 6) is -2.49. The number of amides is 2. The van der Waals surface area contributed by atoms with Crippen LogP contribution in [0.2, 0.25) is 0 Å². The van der Waals surface area contributed by atoms with Gasteiger partial charge in [0.15, 0.2) is 0 Å². The molecule has 0 radical (unpaired) electrons. The molecule has 2 amide bonds. The number of aliphatic carboxylic acids is 1. The lowest BCUT2D eigenvalue weighted by Crippen LogP contribution is -2.58. The zero-order chi connectivity index (χ0) is 20.6. The summed E-state index contributed by atoms with van der Waals surface area (Å²) in [6, 6.07) is 5.85. The molecule has 4 atom stereocenters. The number of rotatable bonds is 10. The summed E-state index contributed by atoms with van der Waals surface area (Å²) in [4.78, 5) is 36.0. The van der Waals surface area contributed by atoms with E-state index in [2.05, 4.69) is 10.6 Å². The first kappa shape index (κ1) is 22.6. The third-order valence-electron chi connectivity index (χ3n) is 4.02. The number of benzene rings is 1. The van der Waals surface area contributed by atoms with Crippen LogP contribution in [-0.4, -0.2) is 52.2 Å². The molecule has 0 aliphatic rings. The predicted molar refractivity (Wildman–Crippen MR) is 101 cm³/mol. The van der Waals surface area contributed by atoms with Gasteiger partial charge in [0.05, 0.1) is 12.1 Å². The molecule has 0 heterocycles. The van der Waals surface area contributed by atoms with Gasteiger partial charge in [0.25, 0.3) is 0 Å². The molecular formula is C19H29N3O5. The second-order valence-electron chi connectivity index (χ2n) is 7.05. The largest absolute Gasteiger partial charge is 0.480 e. The highest BCUT2D eigenvalue weighted by Crippen LogP contribution is 2.07. The number of carbonyl (C=O) groups excluding carboxylic acids is 2. The second kappa shape index (κ2) is 10.6. The SMILES string of the molecule is CC(C)C[C@H](NC(=O)[C@@H](NC(=O)[C@@H](N)Cc1ccccc1)[C@@H](C)O)C(=O)O. The summed E-state index contributed by atoms with van der Waals surface area (Å²) in [5.41, 5.74) is 6.76. The van der Waals surface area contributed by atoms with Crippen LogP contribution in [0.4, 0.5) is 0 Å². The van der Waals surface area contributed by atoms with Crippen molar-refractivity contribution in [3.05, 3.63) is 35.9 Å². The first-order valence-corrected chi connectivity index (χ1v) is 8.93. The van der Waals surface area contributed by atoms with Crippen molar-refractivity contribution in [2.24, 2.45) is 11.7 Å². The van der Waals surface area contributed by atoms with Crippen molar-refractivity contribution in [1.82, 2.24) is 10.6 Å². The number of carboxylic acid groups (broad SMARTS) is 1. The van der Waals surface area contributed by atoms with E-state index in [1.807, 2.05) is 44.2 Å². The number of hydrogen-bond acceptors (Lipinski definition) is 5. The Bertz CT molecular complexity index is 633. The monoisotopic (exact) mass is 379 g/mol. The Balaban J connectivity index is 2.74. The van der Waals surface area contributed by atoms with E-state index < -0.39 is 42.0 Å². The summed E-state index contributed by atoms with van der Waals surface area (Å²) in [7, 11) is 0. The Morgan fingerprint density at radius 1 is 1.04 bits per heavy atom. The molecule has 0 bridgehead atoms. The number of carbonyl (C=O) groups is 3. The maximum atomic E-state index is 12.4. The Labute approximate surface area is 159 Å². The van der Waals surface area contributed by atoms with Gasteiger partial charge in [-0.05, 0) is 31.2 Å². The lowest BCUT2D eigenvalue weighted by molar-refractivity contribution is -0.143. The fourth-order valence-corrected chi connectivity index (χ4v) is 2.58. The van der Waals surface area contributed by atoms with E-state index in [-0.39, 0.29) is 18.8 Å². The van der Waals surface area contributed by atoms with Gasteiger partial charge >= 0.3 is 5.97 Å². The molecule has 0 saturated carbocycles. The Kier molecular flexibility index (Phi) is 8.90. The third-order valence-corrected chi connectivity index (χ3v) is 4.02. The number of hydrogen-bond donors (Lipinski definition) is 5. The fourth-order valence-electron chi connectivity index (χ4n) is 2.58. The van der Waals surface area contributed by atoms with Gasteiger partial charge < -0.3 is 26.6 Å². The van der Waals surface area contributed by atoms with Crippen LogP contribution in [0.1, 0.15) is 32.8 Å². The van der Waals surface area contributed by atoms with E-state index in [9.17, 15) is 24.6 Å². The average molecular weight is 379 g/mol. The Hall–Kier alpha value is -2.45. The lowest BCUT2D eigenvalue weighted by atomic mass is 10.0. The molecule has 8 nitrogen and oxygen atoms in total. The first-order valence-electron chi connectivity index (χ1n) is 8.93. The van der Waals surface area contributed by atoms with Crippen LogP contribution in [0.3, 0.4) is 0 Å². The van der Waals surface area contributed by atoms with Crippen molar-refractivity contribution in [2.75, 3.05) is 0 Å². The molecule has 1 rings (SSSR count). The summed E-state index contributed by atoms with van der Waals surface area (Å²) in [5, 5.41) is 23.9. The summed E-state index contributed by atoms with van der Waals surface area (Å²) in [6.07, 6.45) is -0.715. The molecule has 8 heteroatoms. The van der Waals surface area contributed by atoms with Crippen molar-refractivity contribution >= 4 is 17.8 Å². The van der Waals surface area contributed by atoms with Gasteiger partial charge in [-0.25, -0.2) is 4.79 Å². The summed E-state index contributed by atoms with van der Waals surface area (Å²) < 4.78 is 0. The molecule has 0 aliphatic heterocycles. The van der Waals surface area contributed by atoms with Crippen molar-refractivity contribution in [2.45, 2.75) is 57.8 Å². The highest BCUT2D eigenvalue weighted by atomic mass is 16.4. The van der Waals surface area contributed by atoms with Crippen LogP contribution in [0, 0.1) is 5.92 Å². The molecular weight excluding hydrogens is 350 g/mol. The molecule has 0 aromatic heterocycles. The van der Waals surface area contributed by atoms with Crippen molar-refractivity contribution in [3.8, 4) is 0 Å². The van der Waals surface area contributed by atoms with E-state index in [1.165, 1.54) is 6.92 Å². The van der Waals surface area contributed by atoms with Gasteiger partial charge in [-0.3, -0.25) is 9.59 Å². The van der Waals surface area contributed by atoms with Crippen LogP contribution in [0.5, 0.6) is 0 Å². The van der Waals surface area contributed by atoms with Crippen LogP contribution in [0.25, 0.3) is 0 Å². The minimum Gasteiger partial charge on any atom is -0.480 e. The number of aliphatic hydroxyl groups excluding tert-OH is 1. The zero-order valence-electron chi connectivity index (χ0n) is 15.9. The van der Waals surface area contributed by atoms with Crippen molar-refractivity contribution < 1.29 is 24.6 Å². The minimum atomic E-state index is -1.30. The van der Waals surface area contributed by atoms with E-state index >= 15 is 0 Å². The summed E-state index contributed by atoms with van der Waals surface area (Å²) >= 11 is 0. The predicted octanol–water partition coefficient (Wildman–Crippen LogP) is 0.0375. The number of carboxylic acids is 1. The second-order valence-corrected chi connectivity index (χ2v) is 7.05. The van der Waals surface area contributed by atoms with E-state index in [1.54, 1.807) is 0 Å². The number of aliphatic hydroxyl groups is 1. The van der Waals surface area contributed by atoms with Gasteiger partial charge in [-0.2, -0.15) is 0 Å². The molecule has 1 aromatic carbocycles. The van der Waals surface area contributed by atoms with Gasteiger partial charge in [-0.15, -0.1) is 0 Å². The van der Waals surface area contributed by atoms with Crippen LogP contribution >= 0.6 is 0 Å². The molecule has 0 aliphatic carbocycles. The first-order chi connectivity index (χ1) is 12.6.